The van der Waals surface area contributed by atoms with Gasteiger partial charge in [-0.2, -0.15) is 9.97 Å². The number of amides is 1. The van der Waals surface area contributed by atoms with Gasteiger partial charge in [-0.25, -0.2) is 0 Å². The maximum Gasteiger partial charge on any atom is 0.320 e. The van der Waals surface area contributed by atoms with Crippen molar-refractivity contribution in [2.75, 3.05) is 50.0 Å². The van der Waals surface area contributed by atoms with Crippen molar-refractivity contribution in [1.29, 1.82) is 0 Å². The number of carbonyl (C=O) groups is 1. The predicted octanol–water partition coefficient (Wildman–Crippen LogP) is 0.831. The number of rotatable bonds is 8. The average Bonchev–Trinajstić information content (AvgIpc) is 2.93. The second-order valence-electron chi connectivity index (χ2n) is 7.11. The Kier molecular flexibility index (Phi) is 6.26. The number of aliphatic hydroxyl groups excluding tert-OH is 1. The molecule has 2 aliphatic heterocycles. The van der Waals surface area contributed by atoms with Crippen molar-refractivity contribution in [3.8, 4) is 6.01 Å². The number of nitrogens with two attached hydrogens (primary N) is 1. The topological polar surface area (TPSA) is 105 Å². The molecular weight excluding hydrogens is 334 g/mol. The number of unbranched alkanes of at least 4 members (excludes halogenated alkanes) is 1. The molecule has 8 nitrogen and oxygen atoms in total. The lowest BCUT2D eigenvalue weighted by atomic mass is 9.97. The summed E-state index contributed by atoms with van der Waals surface area (Å²) in [6, 6.07) is 0.250. The highest BCUT2D eigenvalue weighted by atomic mass is 16.5. The Morgan fingerprint density at radius 1 is 1.38 bits per heavy atom. The quantitative estimate of drug-likeness (QED) is 0.659. The second kappa shape index (κ2) is 8.64. The third-order valence-corrected chi connectivity index (χ3v) is 5.07. The SMILES string of the molecule is CCCCOc1nc(N)c2c(n1)N(CC1CCCN(CCO)C1)C(=O)C2. The highest BCUT2D eigenvalue weighted by molar-refractivity contribution is 6.01. The standard InChI is InChI=1S/C18H29N5O3/c1-2-3-9-26-18-20-16(19)14-10-15(25)23(17(14)21-18)12-13-5-4-6-22(11-13)7-8-24/h13,24H,2-12H2,1H3,(H2,19,20,21). The van der Waals surface area contributed by atoms with Crippen LogP contribution in [0.15, 0.2) is 0 Å². The number of piperidine rings is 1. The Hall–Kier alpha value is -1.93. The summed E-state index contributed by atoms with van der Waals surface area (Å²) in [5.74, 6) is 1.33. The molecule has 144 valence electrons. The molecule has 0 saturated carbocycles. The number of carbonyl (C=O) groups excluding carboxylic acids is 1. The minimum Gasteiger partial charge on any atom is -0.463 e. The van der Waals surface area contributed by atoms with Gasteiger partial charge in [0.1, 0.15) is 11.6 Å². The van der Waals surface area contributed by atoms with Crippen LogP contribution in [0.25, 0.3) is 0 Å². The van der Waals surface area contributed by atoms with Gasteiger partial charge in [-0.3, -0.25) is 9.69 Å². The second-order valence-corrected chi connectivity index (χ2v) is 7.11. The zero-order valence-electron chi connectivity index (χ0n) is 15.5. The fourth-order valence-corrected chi connectivity index (χ4v) is 3.69. The van der Waals surface area contributed by atoms with Crippen LogP contribution in [-0.2, 0) is 11.2 Å². The van der Waals surface area contributed by atoms with E-state index in [1.807, 2.05) is 0 Å². The molecule has 26 heavy (non-hydrogen) atoms. The van der Waals surface area contributed by atoms with Gasteiger partial charge in [0.05, 0.1) is 19.6 Å². The highest BCUT2D eigenvalue weighted by Gasteiger charge is 2.34. The normalized spacial score (nSPS) is 20.5. The number of β-amino-alcohol motifs (C(OH)–C–C–N with tert-alkyl or cyclic N) is 1. The van der Waals surface area contributed by atoms with Gasteiger partial charge in [0, 0.05) is 25.2 Å². The molecule has 1 aromatic heterocycles. The molecule has 1 saturated heterocycles. The van der Waals surface area contributed by atoms with E-state index in [-0.39, 0.29) is 24.9 Å². The third-order valence-electron chi connectivity index (χ3n) is 5.07. The summed E-state index contributed by atoms with van der Waals surface area (Å²) in [5.41, 5.74) is 6.76. The molecule has 1 aromatic rings. The number of anilines is 2. The molecule has 0 spiro atoms. The minimum atomic E-state index is 0.0194. The predicted molar refractivity (Wildman–Crippen MR) is 99.2 cm³/mol. The molecule has 3 N–H and O–H groups in total. The summed E-state index contributed by atoms with van der Waals surface area (Å²) in [6.07, 6.45) is 4.35. The maximum atomic E-state index is 12.5. The number of hydrogen-bond acceptors (Lipinski definition) is 7. The fraction of sp³-hybridized carbons (Fsp3) is 0.722. The molecule has 0 aliphatic carbocycles. The number of nitrogen functional groups attached to an aromatic ring is 1. The van der Waals surface area contributed by atoms with E-state index in [2.05, 4.69) is 21.8 Å². The van der Waals surface area contributed by atoms with Gasteiger partial charge in [-0.05, 0) is 31.7 Å². The van der Waals surface area contributed by atoms with Gasteiger partial charge in [-0.1, -0.05) is 13.3 Å². The zero-order valence-corrected chi connectivity index (χ0v) is 15.5. The number of aliphatic hydroxyl groups is 1. The van der Waals surface area contributed by atoms with Crippen molar-refractivity contribution < 1.29 is 14.6 Å². The van der Waals surface area contributed by atoms with E-state index >= 15 is 0 Å². The lowest BCUT2D eigenvalue weighted by Gasteiger charge is -2.34. The van der Waals surface area contributed by atoms with Gasteiger partial charge < -0.3 is 20.5 Å². The van der Waals surface area contributed by atoms with Crippen molar-refractivity contribution in [2.45, 2.75) is 39.0 Å². The Morgan fingerprint density at radius 2 is 2.23 bits per heavy atom. The largest absolute Gasteiger partial charge is 0.463 e. The lowest BCUT2D eigenvalue weighted by molar-refractivity contribution is -0.117. The van der Waals surface area contributed by atoms with Gasteiger partial charge >= 0.3 is 6.01 Å². The van der Waals surface area contributed by atoms with Crippen LogP contribution in [-0.4, -0.2) is 65.3 Å². The first-order chi connectivity index (χ1) is 12.6. The van der Waals surface area contributed by atoms with Gasteiger partial charge in [-0.15, -0.1) is 0 Å². The lowest BCUT2D eigenvalue weighted by Crippen LogP contribution is -2.43. The molecule has 0 aromatic carbocycles. The Balaban J connectivity index is 1.72. The molecule has 1 atom stereocenters. The van der Waals surface area contributed by atoms with Crippen molar-refractivity contribution in [2.24, 2.45) is 5.92 Å². The van der Waals surface area contributed by atoms with Crippen molar-refractivity contribution in [3.63, 3.8) is 0 Å². The van der Waals surface area contributed by atoms with Crippen LogP contribution in [0.4, 0.5) is 11.6 Å². The molecule has 1 unspecified atom stereocenters. The van der Waals surface area contributed by atoms with E-state index in [0.717, 1.165) is 38.8 Å². The van der Waals surface area contributed by atoms with Crippen molar-refractivity contribution >= 4 is 17.5 Å². The highest BCUT2D eigenvalue weighted by Crippen LogP contribution is 2.33. The number of likely N-dealkylation sites (tertiary alicyclic amines) is 1. The summed E-state index contributed by atoms with van der Waals surface area (Å²) in [5, 5.41) is 9.16. The number of hydrogen-bond donors (Lipinski definition) is 2. The molecule has 0 bridgehead atoms. The van der Waals surface area contributed by atoms with Crippen molar-refractivity contribution in [3.05, 3.63) is 5.56 Å². The Morgan fingerprint density at radius 3 is 3.00 bits per heavy atom. The van der Waals surface area contributed by atoms with E-state index in [1.165, 1.54) is 0 Å². The summed E-state index contributed by atoms with van der Waals surface area (Å²) in [4.78, 5) is 25.2. The smallest absolute Gasteiger partial charge is 0.320 e. The number of ether oxygens (including phenoxy) is 1. The maximum absolute atomic E-state index is 12.5. The monoisotopic (exact) mass is 363 g/mol. The Labute approximate surface area is 154 Å². The molecule has 1 amide bonds. The molecule has 1 fully saturated rings. The first-order valence-corrected chi connectivity index (χ1v) is 9.55. The molecular formula is C18H29N5O3. The first kappa shape index (κ1) is 18.8. The van der Waals surface area contributed by atoms with Gasteiger partial charge in [0.2, 0.25) is 5.91 Å². The number of fused-ring (bicyclic) bond motifs is 1. The summed E-state index contributed by atoms with van der Waals surface area (Å²) < 4.78 is 5.60. The molecule has 0 radical (unpaired) electrons. The molecule has 3 heterocycles. The van der Waals surface area contributed by atoms with Crippen LogP contribution in [0.5, 0.6) is 6.01 Å². The summed E-state index contributed by atoms with van der Waals surface area (Å²) in [7, 11) is 0. The van der Waals surface area contributed by atoms with Crippen LogP contribution in [0.1, 0.15) is 38.2 Å². The number of nitrogens with zero attached hydrogens (tertiary/aromatic N) is 4. The fourth-order valence-electron chi connectivity index (χ4n) is 3.69. The van der Waals surface area contributed by atoms with Crippen LogP contribution >= 0.6 is 0 Å². The van der Waals surface area contributed by atoms with Crippen molar-refractivity contribution in [1.82, 2.24) is 14.9 Å². The van der Waals surface area contributed by atoms with Crippen LogP contribution in [0.2, 0.25) is 0 Å². The van der Waals surface area contributed by atoms with Crippen LogP contribution in [0.3, 0.4) is 0 Å². The Bertz CT molecular complexity index is 637. The van der Waals surface area contributed by atoms with Gasteiger partial charge in [0.25, 0.3) is 0 Å². The van der Waals surface area contributed by atoms with E-state index in [9.17, 15) is 4.79 Å². The molecule has 2 aliphatic rings. The van der Waals surface area contributed by atoms with Crippen LogP contribution < -0.4 is 15.4 Å². The average molecular weight is 363 g/mol. The first-order valence-electron chi connectivity index (χ1n) is 9.55. The summed E-state index contributed by atoms with van der Waals surface area (Å²) >= 11 is 0. The van der Waals surface area contributed by atoms with E-state index in [1.54, 1.807) is 4.90 Å². The summed E-state index contributed by atoms with van der Waals surface area (Å²) in [6.45, 7) is 6.00. The third kappa shape index (κ3) is 4.24. The van der Waals surface area contributed by atoms with E-state index < -0.39 is 0 Å². The molecule has 8 heteroatoms. The van der Waals surface area contributed by atoms with E-state index in [0.29, 0.717) is 42.8 Å². The van der Waals surface area contributed by atoms with Gasteiger partial charge in [0.15, 0.2) is 0 Å². The zero-order chi connectivity index (χ0) is 18.5. The minimum absolute atomic E-state index is 0.0194. The van der Waals surface area contributed by atoms with E-state index in [4.69, 9.17) is 15.6 Å². The molecule has 3 rings (SSSR count). The van der Waals surface area contributed by atoms with Crippen LogP contribution in [0, 0.1) is 5.92 Å². The number of aromatic nitrogens is 2.